The van der Waals surface area contributed by atoms with Gasteiger partial charge in [-0.3, -0.25) is 0 Å². The standard InChI is InChI=1S/C27H23O2P/c1-5-13-23(14-6-1)21-22-27(24-15-7-2-8-16-24)30(28-25-17-9-3-10-18-25)29-26-19-11-4-12-20-26/h1-22,27H/b22-21+. The third-order valence-electron chi connectivity index (χ3n) is 4.52. The average molecular weight is 410 g/mol. The summed E-state index contributed by atoms with van der Waals surface area (Å²) in [5.41, 5.74) is 2.26. The van der Waals surface area contributed by atoms with Crippen LogP contribution in [0.15, 0.2) is 127 Å². The Kier molecular flexibility index (Phi) is 6.94. The molecule has 0 heterocycles. The van der Waals surface area contributed by atoms with E-state index in [-0.39, 0.29) is 5.66 Å². The maximum atomic E-state index is 6.41. The van der Waals surface area contributed by atoms with Crippen molar-refractivity contribution in [1.82, 2.24) is 0 Å². The Morgan fingerprint density at radius 1 is 0.533 bits per heavy atom. The van der Waals surface area contributed by atoms with Gasteiger partial charge in [0.25, 0.3) is 0 Å². The lowest BCUT2D eigenvalue weighted by atomic mass is 10.1. The fraction of sp³-hybridized carbons (Fsp3) is 0.0370. The van der Waals surface area contributed by atoms with Crippen molar-refractivity contribution < 1.29 is 9.05 Å². The second kappa shape index (κ2) is 10.4. The van der Waals surface area contributed by atoms with Gasteiger partial charge >= 0.3 is 8.38 Å². The van der Waals surface area contributed by atoms with E-state index in [1.807, 2.05) is 84.9 Å². The number of hydrogen-bond donors (Lipinski definition) is 0. The van der Waals surface area contributed by atoms with Gasteiger partial charge in [0, 0.05) is 0 Å². The first-order valence-corrected chi connectivity index (χ1v) is 11.2. The zero-order valence-electron chi connectivity index (χ0n) is 16.5. The first kappa shape index (κ1) is 19.9. The minimum absolute atomic E-state index is 0.0400. The zero-order chi connectivity index (χ0) is 20.4. The summed E-state index contributed by atoms with van der Waals surface area (Å²) >= 11 is 0. The van der Waals surface area contributed by atoms with Crippen molar-refractivity contribution in [1.29, 1.82) is 0 Å². The Morgan fingerprint density at radius 3 is 1.47 bits per heavy atom. The quantitative estimate of drug-likeness (QED) is 0.275. The van der Waals surface area contributed by atoms with Gasteiger partial charge in [-0.1, -0.05) is 109 Å². The topological polar surface area (TPSA) is 18.5 Å². The van der Waals surface area contributed by atoms with Crippen molar-refractivity contribution in [3.05, 3.63) is 139 Å². The molecule has 0 aromatic heterocycles. The van der Waals surface area contributed by atoms with Gasteiger partial charge in [-0.15, -0.1) is 0 Å². The predicted octanol–water partition coefficient (Wildman–Crippen LogP) is 7.91. The van der Waals surface area contributed by atoms with Gasteiger partial charge < -0.3 is 9.05 Å². The molecule has 2 nitrogen and oxygen atoms in total. The fourth-order valence-corrected chi connectivity index (χ4v) is 4.59. The van der Waals surface area contributed by atoms with Crippen LogP contribution in [0.2, 0.25) is 0 Å². The van der Waals surface area contributed by atoms with Crippen molar-refractivity contribution >= 4 is 14.5 Å². The van der Waals surface area contributed by atoms with Crippen LogP contribution in [0.3, 0.4) is 0 Å². The molecule has 148 valence electrons. The smallest absolute Gasteiger partial charge is 0.302 e. The van der Waals surface area contributed by atoms with E-state index in [0.29, 0.717) is 0 Å². The lowest BCUT2D eigenvalue weighted by Crippen LogP contribution is -2.04. The summed E-state index contributed by atoms with van der Waals surface area (Å²) in [4.78, 5) is 0. The Bertz CT molecular complexity index is 994. The Morgan fingerprint density at radius 2 is 0.967 bits per heavy atom. The van der Waals surface area contributed by atoms with Crippen LogP contribution in [0, 0.1) is 0 Å². The molecule has 1 atom stereocenters. The second-order valence-electron chi connectivity index (χ2n) is 6.72. The van der Waals surface area contributed by atoms with Crippen LogP contribution < -0.4 is 9.05 Å². The van der Waals surface area contributed by atoms with Crippen LogP contribution in [0.5, 0.6) is 11.5 Å². The molecular weight excluding hydrogens is 387 g/mol. The minimum atomic E-state index is -1.34. The highest BCUT2D eigenvalue weighted by Gasteiger charge is 2.27. The Balaban J connectivity index is 1.70. The number of allylic oxidation sites excluding steroid dienone is 1. The molecule has 1 unspecified atom stereocenters. The minimum Gasteiger partial charge on any atom is -0.438 e. The second-order valence-corrected chi connectivity index (χ2v) is 8.21. The monoisotopic (exact) mass is 410 g/mol. The first-order chi connectivity index (χ1) is 14.9. The highest BCUT2D eigenvalue weighted by Crippen LogP contribution is 2.53. The van der Waals surface area contributed by atoms with Gasteiger partial charge in [0.15, 0.2) is 0 Å². The summed E-state index contributed by atoms with van der Waals surface area (Å²) in [5, 5.41) is 0. The van der Waals surface area contributed by atoms with E-state index in [1.54, 1.807) is 0 Å². The predicted molar refractivity (Wildman–Crippen MR) is 126 cm³/mol. The number of para-hydroxylation sites is 2. The van der Waals surface area contributed by atoms with Gasteiger partial charge in [0.1, 0.15) is 11.5 Å². The molecule has 0 fully saturated rings. The van der Waals surface area contributed by atoms with E-state index in [9.17, 15) is 0 Å². The summed E-state index contributed by atoms with van der Waals surface area (Å²) in [6.07, 6.45) is 4.32. The van der Waals surface area contributed by atoms with E-state index in [2.05, 4.69) is 48.6 Å². The molecule has 0 bridgehead atoms. The van der Waals surface area contributed by atoms with Crippen molar-refractivity contribution in [2.45, 2.75) is 5.66 Å². The molecule has 0 saturated heterocycles. The molecule has 0 N–H and O–H groups in total. The fourth-order valence-electron chi connectivity index (χ4n) is 3.02. The average Bonchev–Trinajstić information content (AvgIpc) is 2.82. The van der Waals surface area contributed by atoms with Crippen LogP contribution in [-0.2, 0) is 0 Å². The van der Waals surface area contributed by atoms with Crippen LogP contribution in [0.1, 0.15) is 16.8 Å². The van der Waals surface area contributed by atoms with E-state index >= 15 is 0 Å². The zero-order valence-corrected chi connectivity index (χ0v) is 17.4. The molecule has 0 aliphatic heterocycles. The molecule has 0 aliphatic carbocycles. The Hall–Kier alpha value is -3.35. The van der Waals surface area contributed by atoms with Crippen LogP contribution in [0.4, 0.5) is 0 Å². The van der Waals surface area contributed by atoms with E-state index in [4.69, 9.17) is 9.05 Å². The summed E-state index contributed by atoms with van der Waals surface area (Å²) in [6, 6.07) is 40.4. The third-order valence-corrected chi connectivity index (χ3v) is 6.22. The van der Waals surface area contributed by atoms with Gasteiger partial charge in [0.05, 0.1) is 5.66 Å². The lowest BCUT2D eigenvalue weighted by Gasteiger charge is -2.25. The lowest BCUT2D eigenvalue weighted by molar-refractivity contribution is 0.482. The van der Waals surface area contributed by atoms with Gasteiger partial charge in [0.2, 0.25) is 0 Å². The number of rotatable bonds is 8. The maximum absolute atomic E-state index is 6.41. The van der Waals surface area contributed by atoms with Crippen molar-refractivity contribution in [2.75, 3.05) is 0 Å². The van der Waals surface area contributed by atoms with Crippen molar-refractivity contribution in [3.63, 3.8) is 0 Å². The highest BCUT2D eigenvalue weighted by atomic mass is 31.2. The molecule has 0 amide bonds. The SMILES string of the molecule is C(=C\C(c1ccccc1)P(Oc1ccccc1)Oc1ccccc1)/c1ccccc1. The molecule has 3 heteroatoms. The first-order valence-electron chi connectivity index (χ1n) is 9.92. The molecule has 0 spiro atoms. The summed E-state index contributed by atoms with van der Waals surface area (Å²) in [5.74, 6) is 1.60. The van der Waals surface area contributed by atoms with Crippen molar-refractivity contribution in [3.8, 4) is 11.5 Å². The molecule has 30 heavy (non-hydrogen) atoms. The Labute approximate surface area is 179 Å². The van der Waals surface area contributed by atoms with Gasteiger partial charge in [-0.25, -0.2) is 0 Å². The van der Waals surface area contributed by atoms with E-state index in [0.717, 1.165) is 22.6 Å². The molecular formula is C27H23O2P. The van der Waals surface area contributed by atoms with Gasteiger partial charge in [-0.2, -0.15) is 0 Å². The van der Waals surface area contributed by atoms with Crippen molar-refractivity contribution in [2.24, 2.45) is 0 Å². The van der Waals surface area contributed by atoms with Crippen LogP contribution >= 0.6 is 8.38 Å². The number of benzene rings is 4. The summed E-state index contributed by atoms with van der Waals surface area (Å²) < 4.78 is 12.8. The molecule has 4 aromatic carbocycles. The highest BCUT2D eigenvalue weighted by molar-refractivity contribution is 7.48. The normalized spacial score (nSPS) is 12.0. The summed E-state index contributed by atoms with van der Waals surface area (Å²) in [6.45, 7) is 0. The largest absolute Gasteiger partial charge is 0.438 e. The van der Waals surface area contributed by atoms with Crippen LogP contribution in [0.25, 0.3) is 6.08 Å². The molecule has 0 saturated carbocycles. The maximum Gasteiger partial charge on any atom is 0.302 e. The van der Waals surface area contributed by atoms with Gasteiger partial charge in [-0.05, 0) is 35.4 Å². The third kappa shape index (κ3) is 5.59. The molecule has 4 rings (SSSR count). The molecule has 0 aliphatic rings. The number of hydrogen-bond acceptors (Lipinski definition) is 2. The molecule has 4 aromatic rings. The molecule has 0 radical (unpaired) electrons. The van der Waals surface area contributed by atoms with Crippen LogP contribution in [-0.4, -0.2) is 0 Å². The van der Waals surface area contributed by atoms with E-state index < -0.39 is 8.38 Å². The van der Waals surface area contributed by atoms with E-state index in [1.165, 1.54) is 0 Å². The summed E-state index contributed by atoms with van der Waals surface area (Å²) in [7, 11) is -1.34.